The first kappa shape index (κ1) is 20.9. The molecular weight excluding hydrogens is 368 g/mol. The number of aryl methyl sites for hydroxylation is 3. The van der Waals surface area contributed by atoms with Crippen LogP contribution in [-0.4, -0.2) is 44.9 Å². The van der Waals surface area contributed by atoms with Gasteiger partial charge in [-0.2, -0.15) is 4.98 Å². The van der Waals surface area contributed by atoms with Crippen LogP contribution in [0.4, 0.5) is 5.95 Å². The van der Waals surface area contributed by atoms with E-state index < -0.39 is 0 Å². The van der Waals surface area contributed by atoms with Gasteiger partial charge < -0.3 is 14.8 Å². The minimum atomic E-state index is -0.366. The van der Waals surface area contributed by atoms with Crippen LogP contribution in [0.15, 0.2) is 39.9 Å². The SMILES string of the molecule is CC[NH+](CC)CCNc1nc2c(c(=O)n(C)c(=O)n2C)n1CCc1ccccc1. The second kappa shape index (κ2) is 9.09. The number of aromatic nitrogens is 4. The standard InChI is InChI=1S/C21H30N6O2/c1-5-26(6-2)15-13-22-20-23-18-17(19(28)25(4)21(29)24(18)3)27(20)14-12-16-10-8-7-9-11-16/h7-11H,5-6,12-15H2,1-4H3,(H,22,23)/p+1. The van der Waals surface area contributed by atoms with Gasteiger partial charge in [0.1, 0.15) is 0 Å². The highest BCUT2D eigenvalue weighted by molar-refractivity contribution is 5.74. The van der Waals surface area contributed by atoms with E-state index in [1.165, 1.54) is 22.1 Å². The number of imidazole rings is 1. The Balaban J connectivity index is 1.99. The first-order valence-electron chi connectivity index (χ1n) is 10.3. The van der Waals surface area contributed by atoms with E-state index in [1.54, 1.807) is 7.05 Å². The molecule has 0 aliphatic heterocycles. The van der Waals surface area contributed by atoms with Gasteiger partial charge in [0.2, 0.25) is 5.95 Å². The lowest BCUT2D eigenvalue weighted by Gasteiger charge is -2.16. The third-order valence-electron chi connectivity index (χ3n) is 5.58. The van der Waals surface area contributed by atoms with Gasteiger partial charge in [0.25, 0.3) is 5.56 Å². The van der Waals surface area contributed by atoms with Crippen LogP contribution in [0, 0.1) is 0 Å². The Morgan fingerprint density at radius 3 is 2.38 bits per heavy atom. The van der Waals surface area contributed by atoms with Crippen LogP contribution in [0.1, 0.15) is 19.4 Å². The second-order valence-electron chi connectivity index (χ2n) is 7.33. The Bertz CT molecular complexity index is 1080. The highest BCUT2D eigenvalue weighted by atomic mass is 16.2. The summed E-state index contributed by atoms with van der Waals surface area (Å²) in [5.41, 5.74) is 1.39. The lowest BCUT2D eigenvalue weighted by Crippen LogP contribution is -3.12. The number of nitrogens with one attached hydrogen (secondary N) is 2. The van der Waals surface area contributed by atoms with Gasteiger partial charge in [0.05, 0.1) is 26.2 Å². The highest BCUT2D eigenvalue weighted by Crippen LogP contribution is 2.16. The monoisotopic (exact) mass is 399 g/mol. The molecule has 8 heteroatoms. The van der Waals surface area contributed by atoms with Crippen molar-refractivity contribution in [3.05, 3.63) is 56.7 Å². The van der Waals surface area contributed by atoms with Crippen molar-refractivity contribution < 1.29 is 4.90 Å². The lowest BCUT2D eigenvalue weighted by atomic mass is 10.1. The fourth-order valence-corrected chi connectivity index (χ4v) is 3.64. The predicted molar refractivity (Wildman–Crippen MR) is 116 cm³/mol. The molecule has 0 amide bonds. The third kappa shape index (κ3) is 4.27. The van der Waals surface area contributed by atoms with E-state index in [9.17, 15) is 9.59 Å². The van der Waals surface area contributed by atoms with Gasteiger partial charge in [0.15, 0.2) is 11.2 Å². The Labute approximate surface area is 170 Å². The maximum atomic E-state index is 12.9. The first-order chi connectivity index (χ1) is 14.0. The molecule has 29 heavy (non-hydrogen) atoms. The van der Waals surface area contributed by atoms with Crippen LogP contribution in [0.2, 0.25) is 0 Å². The number of fused-ring (bicyclic) bond motifs is 1. The Kier molecular flexibility index (Phi) is 6.53. The number of hydrogen-bond acceptors (Lipinski definition) is 4. The van der Waals surface area contributed by atoms with E-state index in [0.29, 0.717) is 23.7 Å². The van der Waals surface area contributed by atoms with E-state index in [-0.39, 0.29) is 11.2 Å². The number of rotatable bonds is 9. The van der Waals surface area contributed by atoms with E-state index in [4.69, 9.17) is 0 Å². The van der Waals surface area contributed by atoms with Crippen LogP contribution < -0.4 is 21.5 Å². The van der Waals surface area contributed by atoms with Crippen LogP contribution in [-0.2, 0) is 27.1 Å². The van der Waals surface area contributed by atoms with Gasteiger partial charge in [-0.15, -0.1) is 0 Å². The summed E-state index contributed by atoms with van der Waals surface area (Å²) in [4.78, 5) is 31.3. The number of likely N-dealkylation sites (N-methyl/N-ethyl adjacent to an activating group) is 1. The van der Waals surface area contributed by atoms with E-state index in [2.05, 4.69) is 36.3 Å². The number of quaternary nitrogens is 1. The van der Waals surface area contributed by atoms with E-state index >= 15 is 0 Å². The summed E-state index contributed by atoms with van der Waals surface area (Å²) in [5, 5.41) is 3.40. The van der Waals surface area contributed by atoms with Crippen molar-refractivity contribution in [2.75, 3.05) is 31.5 Å². The predicted octanol–water partition coefficient (Wildman–Crippen LogP) is 0.0130. The average Bonchev–Trinajstić information content (AvgIpc) is 3.11. The van der Waals surface area contributed by atoms with Gasteiger partial charge >= 0.3 is 5.69 Å². The van der Waals surface area contributed by atoms with Gasteiger partial charge in [0, 0.05) is 20.6 Å². The molecule has 2 heterocycles. The lowest BCUT2D eigenvalue weighted by molar-refractivity contribution is -0.894. The zero-order chi connectivity index (χ0) is 21.0. The molecule has 2 N–H and O–H groups in total. The van der Waals surface area contributed by atoms with Crippen molar-refractivity contribution in [2.45, 2.75) is 26.8 Å². The summed E-state index contributed by atoms with van der Waals surface area (Å²) in [6.45, 7) is 8.80. The summed E-state index contributed by atoms with van der Waals surface area (Å²) in [7, 11) is 3.16. The van der Waals surface area contributed by atoms with Crippen molar-refractivity contribution in [1.29, 1.82) is 0 Å². The minimum absolute atomic E-state index is 0.314. The number of benzene rings is 1. The van der Waals surface area contributed by atoms with Crippen LogP contribution >= 0.6 is 0 Å². The summed E-state index contributed by atoms with van der Waals surface area (Å²) >= 11 is 0. The second-order valence-corrected chi connectivity index (χ2v) is 7.33. The molecule has 1 aromatic carbocycles. The van der Waals surface area contributed by atoms with Crippen molar-refractivity contribution >= 4 is 17.1 Å². The Morgan fingerprint density at radius 1 is 1.03 bits per heavy atom. The van der Waals surface area contributed by atoms with Crippen molar-refractivity contribution in [2.24, 2.45) is 14.1 Å². The summed E-state index contributed by atoms with van der Waals surface area (Å²) in [5.74, 6) is 0.640. The molecule has 0 radical (unpaired) electrons. The third-order valence-corrected chi connectivity index (χ3v) is 5.58. The molecule has 0 bridgehead atoms. The zero-order valence-electron chi connectivity index (χ0n) is 17.7. The fraction of sp³-hybridized carbons (Fsp3) is 0.476. The molecular formula is C21H31N6O2+. The maximum Gasteiger partial charge on any atom is 0.332 e. The first-order valence-corrected chi connectivity index (χ1v) is 10.3. The smallest absolute Gasteiger partial charge is 0.332 e. The molecule has 0 aliphatic carbocycles. The zero-order valence-corrected chi connectivity index (χ0v) is 17.7. The van der Waals surface area contributed by atoms with Crippen LogP contribution in [0.3, 0.4) is 0 Å². The molecule has 2 aromatic heterocycles. The maximum absolute atomic E-state index is 12.9. The molecule has 0 unspecified atom stereocenters. The molecule has 0 spiro atoms. The molecule has 0 atom stereocenters. The van der Waals surface area contributed by atoms with Crippen LogP contribution in [0.5, 0.6) is 0 Å². The molecule has 0 fully saturated rings. The fourth-order valence-electron chi connectivity index (χ4n) is 3.64. The van der Waals surface area contributed by atoms with Gasteiger partial charge in [-0.05, 0) is 25.8 Å². The minimum Gasteiger partial charge on any atom is -0.350 e. The molecule has 0 saturated carbocycles. The van der Waals surface area contributed by atoms with E-state index in [1.807, 2.05) is 22.8 Å². The largest absolute Gasteiger partial charge is 0.350 e. The Hall–Kier alpha value is -2.87. The molecule has 8 nitrogen and oxygen atoms in total. The summed E-state index contributed by atoms with van der Waals surface area (Å²) in [6, 6.07) is 10.2. The molecule has 0 aliphatic rings. The van der Waals surface area contributed by atoms with Crippen molar-refractivity contribution in [3.63, 3.8) is 0 Å². The number of nitrogens with zero attached hydrogens (tertiary/aromatic N) is 4. The Morgan fingerprint density at radius 2 is 1.72 bits per heavy atom. The molecule has 3 rings (SSSR count). The average molecular weight is 400 g/mol. The summed E-state index contributed by atoms with van der Waals surface area (Å²) < 4.78 is 4.51. The van der Waals surface area contributed by atoms with Gasteiger partial charge in [-0.25, -0.2) is 4.79 Å². The highest BCUT2D eigenvalue weighted by Gasteiger charge is 2.19. The number of anilines is 1. The van der Waals surface area contributed by atoms with Crippen molar-refractivity contribution in [1.82, 2.24) is 18.7 Å². The molecule has 156 valence electrons. The summed E-state index contributed by atoms with van der Waals surface area (Å²) in [6.07, 6.45) is 0.772. The topological polar surface area (TPSA) is 78.3 Å². The van der Waals surface area contributed by atoms with Gasteiger partial charge in [-0.3, -0.25) is 13.9 Å². The van der Waals surface area contributed by atoms with Gasteiger partial charge in [-0.1, -0.05) is 30.3 Å². The quantitative estimate of drug-likeness (QED) is 0.532. The molecule has 3 aromatic rings. The molecule has 0 saturated heterocycles. The van der Waals surface area contributed by atoms with Crippen molar-refractivity contribution in [3.8, 4) is 0 Å². The van der Waals surface area contributed by atoms with Crippen LogP contribution in [0.25, 0.3) is 11.2 Å². The number of hydrogen-bond donors (Lipinski definition) is 2. The van der Waals surface area contributed by atoms with E-state index in [0.717, 1.165) is 37.2 Å². The normalized spacial score (nSPS) is 11.5.